The highest BCUT2D eigenvalue weighted by atomic mass is 35.5. The van der Waals surface area contributed by atoms with Crippen molar-refractivity contribution in [1.82, 2.24) is 0 Å². The lowest BCUT2D eigenvalue weighted by Gasteiger charge is -2.18. The fourth-order valence-corrected chi connectivity index (χ4v) is 3.94. The average Bonchev–Trinajstić information content (AvgIpc) is 2.97. The van der Waals surface area contributed by atoms with Gasteiger partial charge in [-0.2, -0.15) is 0 Å². The van der Waals surface area contributed by atoms with Gasteiger partial charge >= 0.3 is 0 Å². The van der Waals surface area contributed by atoms with Crippen LogP contribution in [0.5, 0.6) is 11.5 Å². The topological polar surface area (TPSA) is 38.8 Å². The van der Waals surface area contributed by atoms with Gasteiger partial charge < -0.3 is 14.4 Å². The molecule has 24 heavy (non-hydrogen) atoms. The third-order valence-electron chi connectivity index (χ3n) is 3.79. The number of thiophene rings is 1. The van der Waals surface area contributed by atoms with Crippen LogP contribution >= 0.6 is 22.9 Å². The van der Waals surface area contributed by atoms with Crippen LogP contribution in [-0.4, -0.2) is 27.2 Å². The zero-order valence-electron chi connectivity index (χ0n) is 13.5. The number of hydrogen-bond acceptors (Lipinski definition) is 4. The largest absolute Gasteiger partial charge is 0.493 e. The molecule has 6 heteroatoms. The molecule has 0 atom stereocenters. The van der Waals surface area contributed by atoms with E-state index in [1.165, 1.54) is 11.3 Å². The molecular formula is C18H16ClNO3S. The van der Waals surface area contributed by atoms with Crippen molar-refractivity contribution in [2.24, 2.45) is 0 Å². The Morgan fingerprint density at radius 1 is 1.08 bits per heavy atom. The van der Waals surface area contributed by atoms with Crippen LogP contribution in [0.25, 0.3) is 10.1 Å². The van der Waals surface area contributed by atoms with E-state index in [1.54, 1.807) is 44.4 Å². The molecule has 0 unspecified atom stereocenters. The molecule has 0 saturated carbocycles. The van der Waals surface area contributed by atoms with Gasteiger partial charge in [-0.25, -0.2) is 0 Å². The predicted octanol–water partition coefficient (Wildman–Crippen LogP) is 4.85. The Hall–Kier alpha value is -2.24. The van der Waals surface area contributed by atoms with Crippen molar-refractivity contribution in [2.45, 2.75) is 0 Å². The monoisotopic (exact) mass is 361 g/mol. The zero-order chi connectivity index (χ0) is 17.3. The van der Waals surface area contributed by atoms with Crippen LogP contribution in [0.1, 0.15) is 9.67 Å². The number of halogens is 1. The summed E-state index contributed by atoms with van der Waals surface area (Å²) < 4.78 is 11.5. The molecule has 0 aliphatic rings. The van der Waals surface area contributed by atoms with E-state index in [-0.39, 0.29) is 5.91 Å². The van der Waals surface area contributed by atoms with E-state index in [4.69, 9.17) is 21.1 Å². The highest BCUT2D eigenvalue weighted by Crippen LogP contribution is 2.37. The lowest BCUT2D eigenvalue weighted by Crippen LogP contribution is -2.25. The first kappa shape index (κ1) is 16.6. The number of carbonyl (C=O) groups excluding carboxylic acids is 1. The molecule has 124 valence electrons. The molecule has 0 aliphatic heterocycles. The molecule has 0 fully saturated rings. The van der Waals surface area contributed by atoms with Crippen LogP contribution in [0.4, 0.5) is 5.69 Å². The second-order valence-electron chi connectivity index (χ2n) is 5.14. The van der Waals surface area contributed by atoms with E-state index in [0.717, 1.165) is 10.1 Å². The van der Waals surface area contributed by atoms with Gasteiger partial charge in [0.15, 0.2) is 11.5 Å². The van der Waals surface area contributed by atoms with Gasteiger partial charge in [-0.3, -0.25) is 4.79 Å². The van der Waals surface area contributed by atoms with Gasteiger partial charge in [0.1, 0.15) is 4.88 Å². The van der Waals surface area contributed by atoms with Gasteiger partial charge in [-0.05, 0) is 18.2 Å². The Balaban J connectivity index is 1.98. The third kappa shape index (κ3) is 2.81. The minimum atomic E-state index is -0.159. The summed E-state index contributed by atoms with van der Waals surface area (Å²) in [5, 5.41) is 1.39. The normalized spacial score (nSPS) is 10.7. The molecular weight excluding hydrogens is 346 g/mol. The molecule has 0 N–H and O–H groups in total. The number of carbonyl (C=O) groups is 1. The second-order valence-corrected chi connectivity index (χ2v) is 6.57. The average molecular weight is 362 g/mol. The minimum absolute atomic E-state index is 0.159. The molecule has 0 bridgehead atoms. The molecule has 4 nitrogen and oxygen atoms in total. The van der Waals surface area contributed by atoms with Crippen molar-refractivity contribution in [3.05, 3.63) is 52.4 Å². The SMILES string of the molecule is COc1ccc(N(C)C(=O)c2sc3ccccc3c2Cl)cc1OC. The predicted molar refractivity (Wildman–Crippen MR) is 99.1 cm³/mol. The van der Waals surface area contributed by atoms with Crippen molar-refractivity contribution in [1.29, 1.82) is 0 Å². The van der Waals surface area contributed by atoms with Crippen LogP contribution in [0.15, 0.2) is 42.5 Å². The number of anilines is 1. The lowest BCUT2D eigenvalue weighted by atomic mass is 10.2. The van der Waals surface area contributed by atoms with E-state index in [2.05, 4.69) is 0 Å². The summed E-state index contributed by atoms with van der Waals surface area (Å²) in [6.45, 7) is 0. The standard InChI is InChI=1S/C18H16ClNO3S/c1-20(11-8-9-13(22-2)14(10-11)23-3)18(21)17-16(19)12-6-4-5-7-15(12)24-17/h4-10H,1-3H3. The Kier molecular flexibility index (Phi) is 4.64. The molecule has 1 aromatic heterocycles. The van der Waals surface area contributed by atoms with Crippen LogP contribution in [-0.2, 0) is 0 Å². The van der Waals surface area contributed by atoms with Gasteiger partial charge in [-0.1, -0.05) is 29.8 Å². The summed E-state index contributed by atoms with van der Waals surface area (Å²) in [6.07, 6.45) is 0. The number of hydrogen-bond donors (Lipinski definition) is 0. The number of ether oxygens (including phenoxy) is 2. The maximum atomic E-state index is 12.9. The maximum Gasteiger partial charge on any atom is 0.269 e. The summed E-state index contributed by atoms with van der Waals surface area (Å²) >= 11 is 7.80. The van der Waals surface area contributed by atoms with Crippen molar-refractivity contribution in [3.63, 3.8) is 0 Å². The van der Waals surface area contributed by atoms with Gasteiger partial charge in [0, 0.05) is 28.9 Å². The Labute approximate surface area is 149 Å². The number of rotatable bonds is 4. The number of amides is 1. The van der Waals surface area contributed by atoms with Gasteiger partial charge in [0.25, 0.3) is 5.91 Å². The highest BCUT2D eigenvalue weighted by molar-refractivity contribution is 7.21. The fourth-order valence-electron chi connectivity index (χ4n) is 2.45. The molecule has 0 aliphatic carbocycles. The molecule has 0 radical (unpaired) electrons. The van der Waals surface area contributed by atoms with Crippen molar-refractivity contribution in [3.8, 4) is 11.5 Å². The number of benzene rings is 2. The summed E-state index contributed by atoms with van der Waals surface area (Å²) in [5.74, 6) is 1.02. The Morgan fingerprint density at radius 2 is 1.79 bits per heavy atom. The van der Waals surface area contributed by atoms with Crippen molar-refractivity contribution in [2.75, 3.05) is 26.2 Å². The molecule has 3 aromatic rings. The van der Waals surface area contributed by atoms with Crippen molar-refractivity contribution < 1.29 is 14.3 Å². The molecule has 1 amide bonds. The van der Waals surface area contributed by atoms with Crippen LogP contribution in [0.2, 0.25) is 5.02 Å². The molecule has 0 saturated heterocycles. The van der Waals surface area contributed by atoms with Crippen LogP contribution < -0.4 is 14.4 Å². The maximum absolute atomic E-state index is 12.9. The first-order chi connectivity index (χ1) is 11.6. The van der Waals surface area contributed by atoms with E-state index in [9.17, 15) is 4.79 Å². The Bertz CT molecular complexity index is 906. The summed E-state index contributed by atoms with van der Waals surface area (Å²) in [6, 6.07) is 13.1. The van der Waals surface area contributed by atoms with Gasteiger partial charge in [0.05, 0.1) is 19.2 Å². The van der Waals surface area contributed by atoms with E-state index in [0.29, 0.717) is 27.1 Å². The molecule has 1 heterocycles. The second kappa shape index (κ2) is 6.71. The summed E-state index contributed by atoms with van der Waals surface area (Å²) in [7, 11) is 4.85. The van der Waals surface area contributed by atoms with E-state index >= 15 is 0 Å². The molecule has 0 spiro atoms. The Morgan fingerprint density at radius 3 is 2.46 bits per heavy atom. The quantitative estimate of drug-likeness (QED) is 0.666. The minimum Gasteiger partial charge on any atom is -0.493 e. The van der Waals surface area contributed by atoms with E-state index in [1.807, 2.05) is 24.3 Å². The summed E-state index contributed by atoms with van der Waals surface area (Å²) in [5.41, 5.74) is 0.700. The summed E-state index contributed by atoms with van der Waals surface area (Å²) in [4.78, 5) is 14.9. The number of methoxy groups -OCH3 is 2. The van der Waals surface area contributed by atoms with Crippen LogP contribution in [0.3, 0.4) is 0 Å². The molecule has 3 rings (SSSR count). The number of fused-ring (bicyclic) bond motifs is 1. The molecule has 2 aromatic carbocycles. The lowest BCUT2D eigenvalue weighted by molar-refractivity contribution is 0.0997. The van der Waals surface area contributed by atoms with Gasteiger partial charge in [0.2, 0.25) is 0 Å². The van der Waals surface area contributed by atoms with Gasteiger partial charge in [-0.15, -0.1) is 11.3 Å². The highest BCUT2D eigenvalue weighted by Gasteiger charge is 2.22. The first-order valence-corrected chi connectivity index (χ1v) is 8.43. The van der Waals surface area contributed by atoms with Crippen LogP contribution in [0, 0.1) is 0 Å². The smallest absolute Gasteiger partial charge is 0.269 e. The third-order valence-corrected chi connectivity index (χ3v) is 5.45. The fraction of sp³-hybridized carbons (Fsp3) is 0.167. The first-order valence-electron chi connectivity index (χ1n) is 7.24. The zero-order valence-corrected chi connectivity index (χ0v) is 15.1. The van der Waals surface area contributed by atoms with E-state index < -0.39 is 0 Å². The van der Waals surface area contributed by atoms with Crippen molar-refractivity contribution >= 4 is 44.6 Å². The number of nitrogens with zero attached hydrogens (tertiary/aromatic N) is 1.